The van der Waals surface area contributed by atoms with E-state index in [1.165, 1.54) is 5.57 Å². The molecule has 0 saturated carbocycles. The van der Waals surface area contributed by atoms with Crippen molar-refractivity contribution in [3.05, 3.63) is 35.4 Å². The normalized spacial score (nSPS) is 21.9. The standard InChI is InChI=1S/C13H17NO2/c1-9-6-7-14(2)10(8-9)13-11(15)4-3-5-12(13)16/h3-6,10,15-16H,7-8H2,1-2H3. The van der Waals surface area contributed by atoms with E-state index < -0.39 is 0 Å². The van der Waals surface area contributed by atoms with Gasteiger partial charge in [0.05, 0.1) is 5.56 Å². The Hall–Kier alpha value is -1.48. The molecule has 1 aromatic rings. The second kappa shape index (κ2) is 4.18. The van der Waals surface area contributed by atoms with Gasteiger partial charge < -0.3 is 10.2 Å². The smallest absolute Gasteiger partial charge is 0.124 e. The molecular formula is C13H17NO2. The first kappa shape index (κ1) is 11.0. The highest BCUT2D eigenvalue weighted by molar-refractivity contribution is 5.46. The number of phenols is 2. The molecular weight excluding hydrogens is 202 g/mol. The minimum Gasteiger partial charge on any atom is -0.507 e. The fourth-order valence-electron chi connectivity index (χ4n) is 2.18. The van der Waals surface area contributed by atoms with Crippen molar-refractivity contribution in [2.75, 3.05) is 13.6 Å². The van der Waals surface area contributed by atoms with Crippen molar-refractivity contribution >= 4 is 0 Å². The lowest BCUT2D eigenvalue weighted by Crippen LogP contribution is -2.28. The molecule has 0 saturated heterocycles. The number of benzene rings is 1. The first-order valence-electron chi connectivity index (χ1n) is 5.46. The quantitative estimate of drug-likeness (QED) is 0.713. The SMILES string of the molecule is CC1=CCN(C)C(c2c(O)cccc2O)C1. The summed E-state index contributed by atoms with van der Waals surface area (Å²) in [7, 11) is 2.00. The van der Waals surface area contributed by atoms with Crippen LogP contribution in [0, 0.1) is 0 Å². The van der Waals surface area contributed by atoms with Crippen molar-refractivity contribution < 1.29 is 10.2 Å². The molecule has 0 aliphatic carbocycles. The first-order chi connectivity index (χ1) is 7.59. The summed E-state index contributed by atoms with van der Waals surface area (Å²) in [5.41, 5.74) is 1.93. The molecule has 1 heterocycles. The average molecular weight is 219 g/mol. The molecule has 0 bridgehead atoms. The summed E-state index contributed by atoms with van der Waals surface area (Å²) in [5.74, 6) is 0.345. The van der Waals surface area contributed by atoms with Crippen LogP contribution in [-0.4, -0.2) is 28.7 Å². The molecule has 1 aliphatic heterocycles. The van der Waals surface area contributed by atoms with Crippen LogP contribution in [0.2, 0.25) is 0 Å². The van der Waals surface area contributed by atoms with Crippen molar-refractivity contribution in [1.82, 2.24) is 4.90 Å². The maximum absolute atomic E-state index is 9.84. The van der Waals surface area contributed by atoms with E-state index in [1.807, 2.05) is 7.05 Å². The molecule has 0 radical (unpaired) electrons. The third-order valence-corrected chi connectivity index (χ3v) is 3.17. The molecule has 1 aliphatic rings. The predicted octanol–water partition coefficient (Wildman–Crippen LogP) is 2.42. The minimum absolute atomic E-state index is 0.0613. The third-order valence-electron chi connectivity index (χ3n) is 3.17. The van der Waals surface area contributed by atoms with Crippen molar-refractivity contribution in [2.24, 2.45) is 0 Å². The molecule has 86 valence electrons. The Morgan fingerprint density at radius 2 is 1.88 bits per heavy atom. The van der Waals surface area contributed by atoms with E-state index in [0.717, 1.165) is 13.0 Å². The summed E-state index contributed by atoms with van der Waals surface area (Å²) in [4.78, 5) is 2.13. The van der Waals surface area contributed by atoms with E-state index in [-0.39, 0.29) is 17.5 Å². The van der Waals surface area contributed by atoms with Crippen LogP contribution in [0.5, 0.6) is 11.5 Å². The minimum atomic E-state index is 0.0613. The van der Waals surface area contributed by atoms with Gasteiger partial charge >= 0.3 is 0 Å². The Morgan fingerprint density at radius 3 is 2.50 bits per heavy atom. The lowest BCUT2D eigenvalue weighted by Gasteiger charge is -2.32. The van der Waals surface area contributed by atoms with Gasteiger partial charge in [0.15, 0.2) is 0 Å². The molecule has 1 aromatic carbocycles. The second-order valence-electron chi connectivity index (χ2n) is 4.42. The number of aromatic hydroxyl groups is 2. The zero-order valence-electron chi connectivity index (χ0n) is 9.64. The van der Waals surface area contributed by atoms with E-state index in [0.29, 0.717) is 5.56 Å². The van der Waals surface area contributed by atoms with Gasteiger partial charge in [0, 0.05) is 12.6 Å². The van der Waals surface area contributed by atoms with Gasteiger partial charge in [-0.25, -0.2) is 0 Å². The zero-order chi connectivity index (χ0) is 11.7. The predicted molar refractivity (Wildman–Crippen MR) is 63.5 cm³/mol. The molecule has 0 aromatic heterocycles. The van der Waals surface area contributed by atoms with Crippen LogP contribution < -0.4 is 0 Å². The van der Waals surface area contributed by atoms with Gasteiger partial charge in [-0.05, 0) is 32.5 Å². The number of hydrogen-bond donors (Lipinski definition) is 2. The number of phenolic OH excluding ortho intramolecular Hbond substituents is 2. The lowest BCUT2D eigenvalue weighted by atomic mass is 9.94. The molecule has 3 heteroatoms. The van der Waals surface area contributed by atoms with Crippen LogP contribution in [-0.2, 0) is 0 Å². The van der Waals surface area contributed by atoms with E-state index in [4.69, 9.17) is 0 Å². The number of likely N-dealkylation sites (N-methyl/N-ethyl adjacent to an activating group) is 1. The third kappa shape index (κ3) is 1.91. The summed E-state index contributed by atoms with van der Waals surface area (Å²) >= 11 is 0. The molecule has 1 atom stereocenters. The highest BCUT2D eigenvalue weighted by atomic mass is 16.3. The van der Waals surface area contributed by atoms with E-state index in [1.54, 1.807) is 18.2 Å². The van der Waals surface area contributed by atoms with E-state index in [9.17, 15) is 10.2 Å². The number of rotatable bonds is 1. The zero-order valence-corrected chi connectivity index (χ0v) is 9.64. The first-order valence-corrected chi connectivity index (χ1v) is 5.46. The molecule has 2 N–H and O–H groups in total. The summed E-state index contributed by atoms with van der Waals surface area (Å²) in [6.07, 6.45) is 3.02. The van der Waals surface area contributed by atoms with Crippen LogP contribution in [0.1, 0.15) is 24.9 Å². The van der Waals surface area contributed by atoms with Gasteiger partial charge in [-0.15, -0.1) is 0 Å². The molecule has 16 heavy (non-hydrogen) atoms. The van der Waals surface area contributed by atoms with Crippen molar-refractivity contribution in [3.8, 4) is 11.5 Å². The van der Waals surface area contributed by atoms with Crippen molar-refractivity contribution in [3.63, 3.8) is 0 Å². The van der Waals surface area contributed by atoms with Crippen LogP contribution >= 0.6 is 0 Å². The average Bonchev–Trinajstić information content (AvgIpc) is 2.23. The van der Waals surface area contributed by atoms with Crippen LogP contribution in [0.15, 0.2) is 29.8 Å². The Kier molecular flexibility index (Phi) is 2.88. The van der Waals surface area contributed by atoms with Crippen LogP contribution in [0.3, 0.4) is 0 Å². The summed E-state index contributed by atoms with van der Waals surface area (Å²) in [6.45, 7) is 2.93. The van der Waals surface area contributed by atoms with Gasteiger partial charge in [-0.1, -0.05) is 17.7 Å². The van der Waals surface area contributed by atoms with Crippen molar-refractivity contribution in [1.29, 1.82) is 0 Å². The van der Waals surface area contributed by atoms with E-state index >= 15 is 0 Å². The van der Waals surface area contributed by atoms with Crippen LogP contribution in [0.4, 0.5) is 0 Å². The van der Waals surface area contributed by atoms with Gasteiger partial charge in [-0.3, -0.25) is 4.90 Å². The van der Waals surface area contributed by atoms with Crippen LogP contribution in [0.25, 0.3) is 0 Å². The maximum atomic E-state index is 9.84. The summed E-state index contributed by atoms with van der Waals surface area (Å²) in [6, 6.07) is 4.96. The van der Waals surface area contributed by atoms with Crippen molar-refractivity contribution in [2.45, 2.75) is 19.4 Å². The molecule has 0 fully saturated rings. The molecule has 2 rings (SSSR count). The Labute approximate surface area is 95.6 Å². The number of hydrogen-bond acceptors (Lipinski definition) is 3. The van der Waals surface area contributed by atoms with E-state index in [2.05, 4.69) is 17.9 Å². The lowest BCUT2D eigenvalue weighted by molar-refractivity contribution is 0.243. The van der Waals surface area contributed by atoms with Gasteiger partial charge in [0.1, 0.15) is 11.5 Å². The Bertz CT molecular complexity index is 406. The van der Waals surface area contributed by atoms with Gasteiger partial charge in [0.2, 0.25) is 0 Å². The summed E-state index contributed by atoms with van der Waals surface area (Å²) < 4.78 is 0. The van der Waals surface area contributed by atoms with Gasteiger partial charge in [0.25, 0.3) is 0 Å². The molecule has 0 spiro atoms. The fourth-order valence-corrected chi connectivity index (χ4v) is 2.18. The molecule has 1 unspecified atom stereocenters. The summed E-state index contributed by atoms with van der Waals surface area (Å²) in [5, 5.41) is 19.7. The molecule has 3 nitrogen and oxygen atoms in total. The Balaban J connectivity index is 2.40. The fraction of sp³-hybridized carbons (Fsp3) is 0.385. The monoisotopic (exact) mass is 219 g/mol. The Morgan fingerprint density at radius 1 is 1.25 bits per heavy atom. The second-order valence-corrected chi connectivity index (χ2v) is 4.42. The maximum Gasteiger partial charge on any atom is 0.124 e. The van der Waals surface area contributed by atoms with Gasteiger partial charge in [-0.2, -0.15) is 0 Å². The highest BCUT2D eigenvalue weighted by Gasteiger charge is 2.25. The largest absolute Gasteiger partial charge is 0.507 e. The molecule has 0 amide bonds. The number of nitrogens with zero attached hydrogens (tertiary/aromatic N) is 1. The highest BCUT2D eigenvalue weighted by Crippen LogP contribution is 2.39. The topological polar surface area (TPSA) is 43.7 Å².